The molecule has 6 nitrogen and oxygen atoms in total. The number of carbonyl (C=O) groups excluding carboxylic acids is 1. The summed E-state index contributed by atoms with van der Waals surface area (Å²) in [6.07, 6.45) is 3.74. The Kier molecular flexibility index (Phi) is 7.23. The zero-order chi connectivity index (χ0) is 16.9. The highest BCUT2D eigenvalue weighted by atomic mass is 35.5. The van der Waals surface area contributed by atoms with Crippen LogP contribution in [0.25, 0.3) is 11.4 Å². The molecule has 136 valence electrons. The Balaban J connectivity index is 0.00000225. The van der Waals surface area contributed by atoms with Gasteiger partial charge in [-0.05, 0) is 43.5 Å². The zero-order valence-electron chi connectivity index (χ0n) is 13.9. The number of likely N-dealkylation sites (tertiary alicyclic amines) is 1. The van der Waals surface area contributed by atoms with Crippen LogP contribution in [0.3, 0.4) is 0 Å². The van der Waals surface area contributed by atoms with Crippen molar-refractivity contribution >= 4 is 29.9 Å². The Hall–Kier alpha value is -1.63. The number of amides is 1. The monoisotopic (exact) mass is 384 g/mol. The van der Waals surface area contributed by atoms with Gasteiger partial charge in [0.25, 0.3) is 0 Å². The molecule has 25 heavy (non-hydrogen) atoms. The van der Waals surface area contributed by atoms with E-state index in [1.807, 2.05) is 17.0 Å². The number of nitrogens with two attached hydrogens (primary N) is 1. The highest BCUT2D eigenvalue weighted by Crippen LogP contribution is 2.19. The van der Waals surface area contributed by atoms with E-state index in [1.54, 1.807) is 12.1 Å². The second kappa shape index (κ2) is 9.17. The maximum Gasteiger partial charge on any atom is 0.226 e. The first kappa shape index (κ1) is 19.7. The second-order valence-electron chi connectivity index (χ2n) is 6.11. The van der Waals surface area contributed by atoms with Crippen molar-refractivity contribution in [3.05, 3.63) is 35.2 Å². The molecule has 0 bridgehead atoms. The normalized spacial score (nSPS) is 17.2. The van der Waals surface area contributed by atoms with E-state index in [-0.39, 0.29) is 24.4 Å². The number of hydrogen-bond acceptors (Lipinski definition) is 5. The Morgan fingerprint density at radius 2 is 2.12 bits per heavy atom. The lowest BCUT2D eigenvalue weighted by atomic mass is 10.1. The van der Waals surface area contributed by atoms with Gasteiger partial charge in [0.05, 0.1) is 0 Å². The summed E-state index contributed by atoms with van der Waals surface area (Å²) in [5.41, 5.74) is 6.77. The Morgan fingerprint density at radius 1 is 1.36 bits per heavy atom. The molecule has 0 spiro atoms. The van der Waals surface area contributed by atoms with Gasteiger partial charge in [0.2, 0.25) is 17.6 Å². The Labute approximate surface area is 158 Å². The molecule has 2 N–H and O–H groups in total. The quantitative estimate of drug-likeness (QED) is 0.855. The smallest absolute Gasteiger partial charge is 0.226 e. The van der Waals surface area contributed by atoms with Crippen LogP contribution in [0, 0.1) is 0 Å². The minimum Gasteiger partial charge on any atom is -0.341 e. The summed E-state index contributed by atoms with van der Waals surface area (Å²) < 4.78 is 5.25. The minimum absolute atomic E-state index is 0. The van der Waals surface area contributed by atoms with Crippen LogP contribution in [0.4, 0.5) is 0 Å². The van der Waals surface area contributed by atoms with Crippen molar-refractivity contribution < 1.29 is 9.32 Å². The van der Waals surface area contributed by atoms with E-state index in [0.29, 0.717) is 42.5 Å². The first-order valence-electron chi connectivity index (χ1n) is 8.23. The lowest BCUT2D eigenvalue weighted by molar-refractivity contribution is -0.132. The van der Waals surface area contributed by atoms with Gasteiger partial charge in [0, 0.05) is 42.6 Å². The molecular formula is C17H22Cl2N4O2. The van der Waals surface area contributed by atoms with Crippen molar-refractivity contribution in [3.63, 3.8) is 0 Å². The summed E-state index contributed by atoms with van der Waals surface area (Å²) in [4.78, 5) is 18.4. The summed E-state index contributed by atoms with van der Waals surface area (Å²) in [7, 11) is 0. The number of benzene rings is 1. The minimum atomic E-state index is 0. The van der Waals surface area contributed by atoms with Crippen LogP contribution in [0.1, 0.15) is 31.6 Å². The molecule has 1 aliphatic rings. The Morgan fingerprint density at radius 3 is 2.84 bits per heavy atom. The van der Waals surface area contributed by atoms with E-state index in [4.69, 9.17) is 21.9 Å². The predicted molar refractivity (Wildman–Crippen MR) is 98.7 cm³/mol. The number of aromatic nitrogens is 2. The standard InChI is InChI=1S/C17H21ClN4O2.ClH/c18-13-8-6-12(7-9-13)17-20-15(24-21-17)4-1-5-16(23)22-10-2-3-14(19)11-22;/h6-9,14H,1-5,10-11,19H2;1H. The lowest BCUT2D eigenvalue weighted by Crippen LogP contribution is -2.45. The molecule has 3 rings (SSSR count). The molecule has 8 heteroatoms. The summed E-state index contributed by atoms with van der Waals surface area (Å²) in [6, 6.07) is 7.38. The van der Waals surface area contributed by atoms with Crippen molar-refractivity contribution in [2.45, 2.75) is 38.1 Å². The van der Waals surface area contributed by atoms with Gasteiger partial charge in [-0.25, -0.2) is 0 Å². The van der Waals surface area contributed by atoms with Crippen molar-refractivity contribution in [1.29, 1.82) is 0 Å². The summed E-state index contributed by atoms with van der Waals surface area (Å²) in [6.45, 7) is 1.48. The fraction of sp³-hybridized carbons (Fsp3) is 0.471. The first-order valence-corrected chi connectivity index (χ1v) is 8.61. The number of halogens is 2. The van der Waals surface area contributed by atoms with Crippen molar-refractivity contribution in [2.24, 2.45) is 5.73 Å². The van der Waals surface area contributed by atoms with E-state index in [9.17, 15) is 4.79 Å². The van der Waals surface area contributed by atoms with Crippen molar-refractivity contribution in [2.75, 3.05) is 13.1 Å². The summed E-state index contributed by atoms with van der Waals surface area (Å²) >= 11 is 5.87. The van der Waals surface area contributed by atoms with Gasteiger partial charge in [-0.15, -0.1) is 12.4 Å². The molecule has 0 aliphatic carbocycles. The molecule has 1 atom stereocenters. The molecule has 1 aliphatic heterocycles. The van der Waals surface area contributed by atoms with Crippen LogP contribution < -0.4 is 5.73 Å². The van der Waals surface area contributed by atoms with Gasteiger partial charge in [0.15, 0.2) is 0 Å². The number of rotatable bonds is 5. The number of nitrogens with zero attached hydrogens (tertiary/aromatic N) is 3. The number of carbonyl (C=O) groups is 1. The second-order valence-corrected chi connectivity index (χ2v) is 6.55. The molecule has 1 aromatic heterocycles. The topological polar surface area (TPSA) is 85.2 Å². The van der Waals surface area contributed by atoms with Crippen LogP contribution in [-0.4, -0.2) is 40.1 Å². The maximum atomic E-state index is 12.2. The predicted octanol–water partition coefficient (Wildman–Crippen LogP) is 3.08. The van der Waals surface area contributed by atoms with Gasteiger partial charge in [0.1, 0.15) is 0 Å². The third-order valence-corrected chi connectivity index (χ3v) is 4.41. The SMILES string of the molecule is Cl.NC1CCCN(C(=O)CCCc2nc(-c3ccc(Cl)cc3)no2)C1. The van der Waals surface area contributed by atoms with Gasteiger partial charge in [-0.1, -0.05) is 16.8 Å². The highest BCUT2D eigenvalue weighted by molar-refractivity contribution is 6.30. The molecule has 1 saturated heterocycles. The third kappa shape index (κ3) is 5.42. The molecule has 1 unspecified atom stereocenters. The fourth-order valence-electron chi connectivity index (χ4n) is 2.86. The van der Waals surface area contributed by atoms with E-state index >= 15 is 0 Å². The van der Waals surface area contributed by atoms with Gasteiger partial charge < -0.3 is 15.2 Å². The van der Waals surface area contributed by atoms with Crippen molar-refractivity contribution in [3.8, 4) is 11.4 Å². The van der Waals surface area contributed by atoms with Gasteiger partial charge >= 0.3 is 0 Å². The highest BCUT2D eigenvalue weighted by Gasteiger charge is 2.21. The Bertz CT molecular complexity index is 690. The molecule has 2 aromatic rings. The summed E-state index contributed by atoms with van der Waals surface area (Å²) in [5, 5.41) is 4.64. The number of aryl methyl sites for hydroxylation is 1. The van der Waals surface area contributed by atoms with Crippen LogP contribution in [0.5, 0.6) is 0 Å². The number of piperidine rings is 1. The molecule has 0 saturated carbocycles. The van der Waals surface area contributed by atoms with E-state index in [2.05, 4.69) is 10.1 Å². The molecule has 1 aromatic carbocycles. The molecule has 0 radical (unpaired) electrons. The van der Waals surface area contributed by atoms with E-state index < -0.39 is 0 Å². The lowest BCUT2D eigenvalue weighted by Gasteiger charge is -2.30. The van der Waals surface area contributed by atoms with Crippen LogP contribution >= 0.6 is 24.0 Å². The molecule has 1 amide bonds. The van der Waals surface area contributed by atoms with Gasteiger partial charge in [-0.3, -0.25) is 4.79 Å². The molecular weight excluding hydrogens is 363 g/mol. The van der Waals surface area contributed by atoms with E-state index in [1.165, 1.54) is 0 Å². The fourth-order valence-corrected chi connectivity index (χ4v) is 2.98. The largest absolute Gasteiger partial charge is 0.341 e. The van der Waals surface area contributed by atoms with Crippen LogP contribution in [0.2, 0.25) is 5.02 Å². The van der Waals surface area contributed by atoms with Crippen LogP contribution in [0.15, 0.2) is 28.8 Å². The summed E-state index contributed by atoms with van der Waals surface area (Å²) in [5.74, 6) is 1.24. The van der Waals surface area contributed by atoms with Crippen LogP contribution in [-0.2, 0) is 11.2 Å². The maximum absolute atomic E-state index is 12.2. The number of hydrogen-bond donors (Lipinski definition) is 1. The average molecular weight is 385 g/mol. The average Bonchev–Trinajstić information content (AvgIpc) is 3.04. The van der Waals surface area contributed by atoms with E-state index in [0.717, 1.165) is 24.9 Å². The third-order valence-electron chi connectivity index (χ3n) is 4.16. The van der Waals surface area contributed by atoms with Crippen molar-refractivity contribution in [1.82, 2.24) is 15.0 Å². The molecule has 1 fully saturated rings. The zero-order valence-corrected chi connectivity index (χ0v) is 15.4. The molecule has 2 heterocycles. The first-order chi connectivity index (χ1) is 11.6. The van der Waals surface area contributed by atoms with Gasteiger partial charge in [-0.2, -0.15) is 4.98 Å².